The van der Waals surface area contributed by atoms with Crippen molar-refractivity contribution >= 4 is 69.2 Å². The summed E-state index contributed by atoms with van der Waals surface area (Å²) in [6.45, 7) is 2.82. The number of hydrogen-bond donors (Lipinski definition) is 4. The van der Waals surface area contributed by atoms with E-state index in [1.807, 2.05) is 0 Å². The number of Topliss-reactive ketones (excluding diaryl/α,β-unsaturated/α-hetero) is 2. The van der Waals surface area contributed by atoms with E-state index in [0.717, 1.165) is 11.4 Å². The van der Waals surface area contributed by atoms with Crippen molar-refractivity contribution in [3.8, 4) is 0 Å². The van der Waals surface area contributed by atoms with Crippen molar-refractivity contribution in [2.24, 2.45) is 9.98 Å². The lowest BCUT2D eigenvalue weighted by Gasteiger charge is -2.11. The Morgan fingerprint density at radius 2 is 0.912 bits per heavy atom. The van der Waals surface area contributed by atoms with E-state index in [1.54, 1.807) is 72.8 Å². The number of carbonyl (C=O) groups is 2. The van der Waals surface area contributed by atoms with E-state index in [0.29, 0.717) is 21.4 Å². The highest BCUT2D eigenvalue weighted by molar-refractivity contribution is 6.39. The van der Waals surface area contributed by atoms with Gasteiger partial charge in [0.2, 0.25) is 0 Å². The number of hydrazine groups is 2. The van der Waals surface area contributed by atoms with Crippen LogP contribution in [0.2, 0.25) is 10.0 Å². The molecule has 4 N–H and O–H groups in total. The van der Waals surface area contributed by atoms with Crippen molar-refractivity contribution in [2.45, 2.75) is 13.8 Å². The molecule has 10 heteroatoms. The third-order valence-electron chi connectivity index (χ3n) is 4.34. The molecule has 174 valence electrons. The summed E-state index contributed by atoms with van der Waals surface area (Å²) in [5.74, 6) is -0.242. The summed E-state index contributed by atoms with van der Waals surface area (Å²) in [7, 11) is 0. The number of rotatable bonds is 8. The number of hydrogen-bond acceptors (Lipinski definition) is 6. The number of anilines is 2. The van der Waals surface area contributed by atoms with E-state index in [2.05, 4.69) is 31.7 Å². The van der Waals surface area contributed by atoms with E-state index in [1.165, 1.54) is 13.8 Å². The molecule has 0 radical (unpaired) electrons. The predicted molar refractivity (Wildman–Crippen MR) is 138 cm³/mol. The Morgan fingerprint density at radius 1 is 0.588 bits per heavy atom. The van der Waals surface area contributed by atoms with E-state index >= 15 is 0 Å². The van der Waals surface area contributed by atoms with Gasteiger partial charge in [-0.2, -0.15) is 0 Å². The SMILES string of the molecule is CC(=O)C(=Nc1ccc(N=C(NNc2ccc(Cl)cc2)C(C)=O)cc1)NNc1ccc(Cl)cc1. The Kier molecular flexibility index (Phi) is 8.61. The molecule has 0 amide bonds. The molecular formula is C24H22Cl2N6O2. The number of nitrogens with one attached hydrogen (secondary N) is 4. The van der Waals surface area contributed by atoms with Crippen LogP contribution in [0.5, 0.6) is 0 Å². The highest BCUT2D eigenvalue weighted by Crippen LogP contribution is 2.19. The zero-order chi connectivity index (χ0) is 24.5. The van der Waals surface area contributed by atoms with Gasteiger partial charge in [-0.3, -0.25) is 31.3 Å². The molecule has 0 aromatic heterocycles. The fraction of sp³-hybridized carbons (Fsp3) is 0.0833. The second kappa shape index (κ2) is 11.8. The van der Waals surface area contributed by atoms with Crippen molar-refractivity contribution in [3.05, 3.63) is 82.8 Å². The van der Waals surface area contributed by atoms with Crippen LogP contribution in [0.4, 0.5) is 22.7 Å². The summed E-state index contributed by atoms with van der Waals surface area (Å²) in [6.07, 6.45) is 0. The zero-order valence-corrected chi connectivity index (χ0v) is 19.9. The Bertz CT molecular complexity index is 1110. The van der Waals surface area contributed by atoms with Gasteiger partial charge in [-0.05, 0) is 72.8 Å². The molecule has 0 fully saturated rings. The number of aliphatic imine (C=N–C) groups is 2. The van der Waals surface area contributed by atoms with Gasteiger partial charge >= 0.3 is 0 Å². The Morgan fingerprint density at radius 3 is 1.21 bits per heavy atom. The molecule has 3 aromatic carbocycles. The molecule has 0 aliphatic rings. The van der Waals surface area contributed by atoms with Crippen molar-refractivity contribution in [1.82, 2.24) is 10.9 Å². The molecular weight excluding hydrogens is 475 g/mol. The molecule has 0 aliphatic heterocycles. The second-order valence-corrected chi connectivity index (χ2v) is 7.94. The van der Waals surface area contributed by atoms with Gasteiger partial charge in [-0.15, -0.1) is 0 Å². The van der Waals surface area contributed by atoms with Crippen LogP contribution < -0.4 is 21.7 Å². The van der Waals surface area contributed by atoms with Gasteiger partial charge in [0.1, 0.15) is 0 Å². The van der Waals surface area contributed by atoms with E-state index < -0.39 is 0 Å². The number of halogens is 2. The van der Waals surface area contributed by atoms with Crippen LogP contribution in [-0.2, 0) is 9.59 Å². The first-order valence-electron chi connectivity index (χ1n) is 10.1. The first-order valence-corrected chi connectivity index (χ1v) is 10.9. The van der Waals surface area contributed by atoms with Crippen LogP contribution in [-0.4, -0.2) is 23.2 Å². The van der Waals surface area contributed by atoms with Gasteiger partial charge in [-0.25, -0.2) is 9.98 Å². The zero-order valence-electron chi connectivity index (χ0n) is 18.4. The second-order valence-electron chi connectivity index (χ2n) is 7.06. The van der Waals surface area contributed by atoms with Crippen LogP contribution in [0.3, 0.4) is 0 Å². The number of amidine groups is 2. The molecule has 0 bridgehead atoms. The van der Waals surface area contributed by atoms with Gasteiger partial charge in [0.25, 0.3) is 0 Å². The van der Waals surface area contributed by atoms with Crippen LogP contribution in [0.25, 0.3) is 0 Å². The van der Waals surface area contributed by atoms with Crippen LogP contribution in [0.1, 0.15) is 13.8 Å². The van der Waals surface area contributed by atoms with Crippen molar-refractivity contribution in [2.75, 3.05) is 10.9 Å². The average molecular weight is 497 g/mol. The largest absolute Gasteiger partial charge is 0.300 e. The summed E-state index contributed by atoms with van der Waals surface area (Å²) in [4.78, 5) is 32.6. The number of ketones is 2. The van der Waals surface area contributed by atoms with Crippen LogP contribution >= 0.6 is 23.2 Å². The minimum Gasteiger partial charge on any atom is -0.300 e. The molecule has 0 atom stereocenters. The third kappa shape index (κ3) is 7.61. The van der Waals surface area contributed by atoms with Crippen LogP contribution in [0.15, 0.2) is 82.8 Å². The fourth-order valence-corrected chi connectivity index (χ4v) is 2.83. The monoisotopic (exact) mass is 496 g/mol. The Hall–Kier alpha value is -3.88. The van der Waals surface area contributed by atoms with E-state index in [-0.39, 0.29) is 23.2 Å². The lowest BCUT2D eigenvalue weighted by molar-refractivity contribution is -0.112. The molecule has 0 spiro atoms. The topological polar surface area (TPSA) is 107 Å². The van der Waals surface area contributed by atoms with Gasteiger partial charge in [-0.1, -0.05) is 23.2 Å². The molecule has 8 nitrogen and oxygen atoms in total. The van der Waals surface area contributed by atoms with E-state index in [9.17, 15) is 9.59 Å². The maximum atomic E-state index is 12.0. The van der Waals surface area contributed by atoms with Crippen molar-refractivity contribution in [1.29, 1.82) is 0 Å². The normalized spacial score (nSPS) is 11.5. The van der Waals surface area contributed by atoms with Gasteiger partial charge < -0.3 is 0 Å². The van der Waals surface area contributed by atoms with Gasteiger partial charge in [0, 0.05) is 23.9 Å². The summed E-state index contributed by atoms with van der Waals surface area (Å²) in [5.41, 5.74) is 14.0. The standard InChI is InChI=1S/C24H22Cl2N6O2/c1-15(33)23(31-29-21-7-3-17(25)4-8-21)27-19-11-13-20(14-12-19)28-24(16(2)34)32-30-22-9-5-18(26)6-10-22/h3-14,29-30H,1-2H3,(H,27,31)(H,28,32). The lowest BCUT2D eigenvalue weighted by Crippen LogP contribution is -2.34. The molecule has 3 rings (SSSR count). The fourth-order valence-electron chi connectivity index (χ4n) is 2.58. The minimum absolute atomic E-state index is 0.129. The quantitative estimate of drug-likeness (QED) is 0.187. The number of benzene rings is 3. The Labute approximate surface area is 207 Å². The smallest absolute Gasteiger partial charge is 0.196 e. The molecule has 0 heterocycles. The van der Waals surface area contributed by atoms with Gasteiger partial charge in [0.05, 0.1) is 22.7 Å². The maximum absolute atomic E-state index is 12.0. The van der Waals surface area contributed by atoms with Crippen molar-refractivity contribution < 1.29 is 9.59 Å². The highest BCUT2D eigenvalue weighted by Gasteiger charge is 2.08. The third-order valence-corrected chi connectivity index (χ3v) is 4.84. The first-order chi connectivity index (χ1) is 16.3. The predicted octanol–water partition coefficient (Wildman–Crippen LogP) is 5.46. The van der Waals surface area contributed by atoms with Crippen LogP contribution in [0, 0.1) is 0 Å². The number of nitrogens with zero attached hydrogens (tertiary/aromatic N) is 2. The van der Waals surface area contributed by atoms with Crippen molar-refractivity contribution in [3.63, 3.8) is 0 Å². The summed E-state index contributed by atoms with van der Waals surface area (Å²) in [6, 6.07) is 20.7. The van der Waals surface area contributed by atoms with Gasteiger partial charge in [0.15, 0.2) is 23.2 Å². The summed E-state index contributed by atoms with van der Waals surface area (Å²) < 4.78 is 0. The lowest BCUT2D eigenvalue weighted by atomic mass is 10.3. The molecule has 0 saturated heterocycles. The number of carbonyl (C=O) groups excluding carboxylic acids is 2. The minimum atomic E-state index is -0.250. The highest BCUT2D eigenvalue weighted by atomic mass is 35.5. The molecule has 34 heavy (non-hydrogen) atoms. The Balaban J connectivity index is 1.68. The molecule has 3 aromatic rings. The first kappa shape index (κ1) is 24.8. The average Bonchev–Trinajstić information content (AvgIpc) is 2.82. The molecule has 0 saturated carbocycles. The van der Waals surface area contributed by atoms with E-state index in [4.69, 9.17) is 23.2 Å². The molecule has 0 unspecified atom stereocenters. The molecule has 0 aliphatic carbocycles. The summed E-state index contributed by atoms with van der Waals surface area (Å²) >= 11 is 11.8. The maximum Gasteiger partial charge on any atom is 0.196 e. The summed E-state index contributed by atoms with van der Waals surface area (Å²) in [5, 5.41) is 1.22.